The lowest BCUT2D eigenvalue weighted by Crippen LogP contribution is -2.59. The number of H-pyrrole nitrogens is 1. The van der Waals surface area contributed by atoms with Crippen LogP contribution in [0.3, 0.4) is 0 Å². The number of aromatic amines is 1. The molecule has 0 fully saturated rings. The summed E-state index contributed by atoms with van der Waals surface area (Å²) in [6, 6.07) is 2.76. The van der Waals surface area contributed by atoms with Gasteiger partial charge in [0.05, 0.1) is 6.04 Å². The minimum absolute atomic E-state index is 0.0380. The smallest absolute Gasteiger partial charge is 0.326 e. The maximum Gasteiger partial charge on any atom is 0.326 e. The highest BCUT2D eigenvalue weighted by Gasteiger charge is 2.33. The van der Waals surface area contributed by atoms with Gasteiger partial charge in [0.1, 0.15) is 18.1 Å². The van der Waals surface area contributed by atoms with E-state index in [2.05, 4.69) is 20.9 Å². The molecule has 0 saturated heterocycles. The number of nitrogens with two attached hydrogens (primary N) is 1. The van der Waals surface area contributed by atoms with Crippen LogP contribution in [0.1, 0.15) is 58.9 Å². The standard InChI is InChI=1S/C28H41N5O7/c1-5-15(3)23(29)26(37)33-24(16(4)6-2)27(38)31-20(11-12-22(34)35)25(36)32-21(28(39)40)13-17-14-30-19-10-8-7-9-18(17)19/h7-10,14-16,20-21,23-24,30H,5-6,11-13,29H2,1-4H3,(H,31,38)(H,32,36)(H,33,37)(H,34,35)(H,39,40). The molecule has 0 bridgehead atoms. The number of carboxylic acids is 2. The fourth-order valence-corrected chi connectivity index (χ4v) is 4.25. The van der Waals surface area contributed by atoms with E-state index in [1.165, 1.54) is 0 Å². The van der Waals surface area contributed by atoms with Crippen LogP contribution in [-0.4, -0.2) is 69.0 Å². The third kappa shape index (κ3) is 8.80. The van der Waals surface area contributed by atoms with Crippen LogP contribution in [0.2, 0.25) is 0 Å². The number of nitrogens with one attached hydrogen (secondary N) is 4. The topological polar surface area (TPSA) is 204 Å². The molecule has 0 aliphatic heterocycles. The van der Waals surface area contributed by atoms with Crippen molar-refractivity contribution in [2.24, 2.45) is 17.6 Å². The number of rotatable bonds is 16. The van der Waals surface area contributed by atoms with Crippen molar-refractivity contribution in [3.63, 3.8) is 0 Å². The fourth-order valence-electron chi connectivity index (χ4n) is 4.25. The Balaban J connectivity index is 2.23. The highest BCUT2D eigenvalue weighted by atomic mass is 16.4. The van der Waals surface area contributed by atoms with Crippen LogP contribution in [0.4, 0.5) is 0 Å². The van der Waals surface area contributed by atoms with Crippen molar-refractivity contribution in [1.82, 2.24) is 20.9 Å². The summed E-state index contributed by atoms with van der Waals surface area (Å²) in [4.78, 5) is 65.6. The molecule has 0 saturated carbocycles. The summed E-state index contributed by atoms with van der Waals surface area (Å²) in [6.45, 7) is 7.31. The van der Waals surface area contributed by atoms with Gasteiger partial charge in [0.2, 0.25) is 17.7 Å². The van der Waals surface area contributed by atoms with E-state index in [-0.39, 0.29) is 24.7 Å². The maximum atomic E-state index is 13.3. The summed E-state index contributed by atoms with van der Waals surface area (Å²) in [7, 11) is 0. The van der Waals surface area contributed by atoms with Crippen LogP contribution in [-0.2, 0) is 30.4 Å². The molecule has 2 rings (SSSR count). The number of fused-ring (bicyclic) bond motifs is 1. The maximum absolute atomic E-state index is 13.3. The molecule has 8 N–H and O–H groups in total. The lowest BCUT2D eigenvalue weighted by Gasteiger charge is -2.28. The average molecular weight is 560 g/mol. The largest absolute Gasteiger partial charge is 0.481 e. The van der Waals surface area contributed by atoms with Gasteiger partial charge >= 0.3 is 11.9 Å². The Morgan fingerprint density at radius 2 is 1.50 bits per heavy atom. The Morgan fingerprint density at radius 1 is 0.875 bits per heavy atom. The first-order chi connectivity index (χ1) is 18.9. The Hall–Kier alpha value is -3.93. The molecule has 3 amide bonds. The molecule has 220 valence electrons. The third-order valence-corrected chi connectivity index (χ3v) is 7.35. The quantitative estimate of drug-likeness (QED) is 0.160. The first kappa shape index (κ1) is 32.3. The van der Waals surface area contributed by atoms with E-state index in [9.17, 15) is 34.2 Å². The second-order valence-electron chi connectivity index (χ2n) is 10.2. The molecule has 0 spiro atoms. The molecule has 0 aliphatic rings. The molecular weight excluding hydrogens is 518 g/mol. The highest BCUT2D eigenvalue weighted by Crippen LogP contribution is 2.19. The normalized spacial score (nSPS) is 15.7. The van der Waals surface area contributed by atoms with Crippen LogP contribution in [0.25, 0.3) is 10.9 Å². The molecule has 1 aromatic heterocycles. The van der Waals surface area contributed by atoms with E-state index in [1.54, 1.807) is 13.1 Å². The summed E-state index contributed by atoms with van der Waals surface area (Å²) in [6.07, 6.45) is 2.09. The summed E-state index contributed by atoms with van der Waals surface area (Å²) >= 11 is 0. The number of para-hydroxylation sites is 1. The fraction of sp³-hybridized carbons (Fsp3) is 0.536. The van der Waals surface area contributed by atoms with Gasteiger partial charge in [-0.2, -0.15) is 0 Å². The molecule has 12 nitrogen and oxygen atoms in total. The van der Waals surface area contributed by atoms with Crippen LogP contribution in [0.15, 0.2) is 30.5 Å². The SMILES string of the molecule is CCC(C)C(N)C(=O)NC(C(=O)NC(CCC(=O)O)C(=O)NC(Cc1c[nH]c2ccccc12)C(=O)O)C(C)CC. The number of benzene rings is 1. The van der Waals surface area contributed by atoms with Gasteiger partial charge in [-0.1, -0.05) is 58.7 Å². The van der Waals surface area contributed by atoms with Gasteiger partial charge in [0, 0.05) is 29.9 Å². The zero-order valence-corrected chi connectivity index (χ0v) is 23.4. The minimum atomic E-state index is -1.35. The van der Waals surface area contributed by atoms with E-state index >= 15 is 0 Å². The van der Waals surface area contributed by atoms with Crippen molar-refractivity contribution < 1.29 is 34.2 Å². The molecule has 6 atom stereocenters. The molecule has 0 aliphatic carbocycles. The van der Waals surface area contributed by atoms with E-state index in [0.29, 0.717) is 18.4 Å². The minimum Gasteiger partial charge on any atom is -0.481 e. The zero-order valence-electron chi connectivity index (χ0n) is 23.4. The number of hydrogen-bond donors (Lipinski definition) is 7. The predicted octanol–water partition coefficient (Wildman–Crippen LogP) is 1.53. The molecule has 1 aromatic carbocycles. The van der Waals surface area contributed by atoms with E-state index in [1.807, 2.05) is 45.0 Å². The Morgan fingerprint density at radius 3 is 2.10 bits per heavy atom. The average Bonchev–Trinajstić information content (AvgIpc) is 3.34. The molecular formula is C28H41N5O7. The zero-order chi connectivity index (χ0) is 30.0. The molecule has 0 radical (unpaired) electrons. The van der Waals surface area contributed by atoms with Crippen LogP contribution < -0.4 is 21.7 Å². The monoisotopic (exact) mass is 559 g/mol. The number of aromatic nitrogens is 1. The summed E-state index contributed by atoms with van der Waals surface area (Å²) < 4.78 is 0. The van der Waals surface area contributed by atoms with Gasteiger partial charge in [-0.25, -0.2) is 4.79 Å². The summed E-state index contributed by atoms with van der Waals surface area (Å²) in [5.74, 6) is -4.96. The van der Waals surface area contributed by atoms with Gasteiger partial charge < -0.3 is 36.9 Å². The van der Waals surface area contributed by atoms with E-state index in [0.717, 1.165) is 10.9 Å². The van der Waals surface area contributed by atoms with Crippen LogP contribution >= 0.6 is 0 Å². The van der Waals surface area contributed by atoms with Gasteiger partial charge in [0.25, 0.3) is 0 Å². The number of carboxylic acid groups (broad SMARTS) is 2. The lowest BCUT2D eigenvalue weighted by atomic mass is 9.95. The summed E-state index contributed by atoms with van der Waals surface area (Å²) in [5.41, 5.74) is 7.52. The van der Waals surface area contributed by atoms with Crippen molar-refractivity contribution in [2.45, 2.75) is 84.0 Å². The van der Waals surface area contributed by atoms with Crippen molar-refractivity contribution >= 4 is 40.6 Å². The van der Waals surface area contributed by atoms with Crippen molar-refractivity contribution in [3.8, 4) is 0 Å². The molecule has 6 unspecified atom stereocenters. The molecule has 1 heterocycles. The first-order valence-electron chi connectivity index (χ1n) is 13.6. The van der Waals surface area contributed by atoms with Crippen molar-refractivity contribution in [3.05, 3.63) is 36.0 Å². The Kier molecular flexibility index (Phi) is 12.1. The number of carbonyl (C=O) groups excluding carboxylic acids is 3. The van der Waals surface area contributed by atoms with Gasteiger partial charge in [-0.3, -0.25) is 19.2 Å². The Labute approximate surface area is 233 Å². The lowest BCUT2D eigenvalue weighted by molar-refractivity contribution is -0.143. The molecule has 12 heteroatoms. The second kappa shape index (κ2) is 15.0. The van der Waals surface area contributed by atoms with Gasteiger partial charge in [0.15, 0.2) is 0 Å². The molecule has 2 aromatic rings. The van der Waals surface area contributed by atoms with E-state index in [4.69, 9.17) is 5.73 Å². The third-order valence-electron chi connectivity index (χ3n) is 7.35. The number of hydrogen-bond acceptors (Lipinski definition) is 6. The summed E-state index contributed by atoms with van der Waals surface area (Å²) in [5, 5.41) is 27.5. The van der Waals surface area contributed by atoms with E-state index < -0.39 is 60.2 Å². The van der Waals surface area contributed by atoms with Crippen LogP contribution in [0.5, 0.6) is 0 Å². The van der Waals surface area contributed by atoms with Gasteiger partial charge in [-0.05, 0) is 29.9 Å². The number of amides is 3. The highest BCUT2D eigenvalue weighted by molar-refractivity contribution is 5.94. The van der Waals surface area contributed by atoms with Crippen molar-refractivity contribution in [2.75, 3.05) is 0 Å². The van der Waals surface area contributed by atoms with Gasteiger partial charge in [-0.15, -0.1) is 0 Å². The molecule has 40 heavy (non-hydrogen) atoms. The number of carbonyl (C=O) groups is 5. The number of aliphatic carboxylic acids is 2. The second-order valence-corrected chi connectivity index (χ2v) is 10.2. The Bertz CT molecular complexity index is 1200. The first-order valence-corrected chi connectivity index (χ1v) is 13.6. The van der Waals surface area contributed by atoms with Crippen molar-refractivity contribution in [1.29, 1.82) is 0 Å². The van der Waals surface area contributed by atoms with Crippen LogP contribution in [0, 0.1) is 11.8 Å². The predicted molar refractivity (Wildman–Crippen MR) is 149 cm³/mol.